The number of rotatable bonds is 3. The first-order valence-corrected chi connectivity index (χ1v) is 2.70. The van der Waals surface area contributed by atoms with Crippen LogP contribution in [0.15, 0.2) is 11.8 Å². The zero-order chi connectivity index (χ0) is 7.98. The van der Waals surface area contributed by atoms with Gasteiger partial charge in [-0.05, 0) is 6.92 Å². The van der Waals surface area contributed by atoms with Crippen molar-refractivity contribution in [1.82, 2.24) is 0 Å². The molecule has 1 unspecified atom stereocenters. The fourth-order valence-electron chi connectivity index (χ4n) is 0.421. The van der Waals surface area contributed by atoms with Crippen molar-refractivity contribution in [3.05, 3.63) is 11.8 Å². The number of nitriles is 1. The maximum atomic E-state index is 8.40. The molecule has 0 rings (SSSR count). The molecule has 0 saturated heterocycles. The lowest BCUT2D eigenvalue weighted by atomic mass is 10.2. The van der Waals surface area contributed by atoms with Crippen LogP contribution in [0.4, 0.5) is 0 Å². The predicted octanol–water partition coefficient (Wildman–Crippen LogP) is 0.918. The van der Waals surface area contributed by atoms with Crippen LogP contribution < -0.4 is 0 Å². The SMILES string of the molecule is COOC(C)/C(C#N)=C/O. The van der Waals surface area contributed by atoms with Gasteiger partial charge in [0, 0.05) is 0 Å². The molecule has 10 heavy (non-hydrogen) atoms. The van der Waals surface area contributed by atoms with Crippen LogP contribution in [-0.2, 0) is 9.78 Å². The summed E-state index contributed by atoms with van der Waals surface area (Å²) in [5.74, 6) is 0. The van der Waals surface area contributed by atoms with E-state index >= 15 is 0 Å². The van der Waals surface area contributed by atoms with Gasteiger partial charge in [0.1, 0.15) is 12.2 Å². The standard InChI is InChI=1S/C6H9NO3/c1-5(10-9-2)6(3-7)4-8/h4-5,8H,1-2H3/b6-4+. The third-order valence-corrected chi connectivity index (χ3v) is 0.947. The van der Waals surface area contributed by atoms with Gasteiger partial charge in [0.05, 0.1) is 18.9 Å². The molecule has 0 aromatic carbocycles. The number of nitrogens with zero attached hydrogens (tertiary/aromatic N) is 1. The van der Waals surface area contributed by atoms with Crippen molar-refractivity contribution in [2.45, 2.75) is 13.0 Å². The maximum Gasteiger partial charge on any atom is 0.128 e. The summed E-state index contributed by atoms with van der Waals surface area (Å²) < 4.78 is 0. The summed E-state index contributed by atoms with van der Waals surface area (Å²) in [7, 11) is 1.34. The van der Waals surface area contributed by atoms with Crippen molar-refractivity contribution in [2.24, 2.45) is 0 Å². The van der Waals surface area contributed by atoms with Crippen molar-refractivity contribution in [3.8, 4) is 6.07 Å². The van der Waals surface area contributed by atoms with Crippen molar-refractivity contribution >= 4 is 0 Å². The van der Waals surface area contributed by atoms with Crippen molar-refractivity contribution in [2.75, 3.05) is 7.11 Å². The largest absolute Gasteiger partial charge is 0.514 e. The van der Waals surface area contributed by atoms with Gasteiger partial charge in [0.25, 0.3) is 0 Å². The molecule has 0 fully saturated rings. The molecule has 0 saturated carbocycles. The average Bonchev–Trinajstić information content (AvgIpc) is 1.91. The molecular formula is C6H9NO3. The Morgan fingerprint density at radius 3 is 2.70 bits per heavy atom. The van der Waals surface area contributed by atoms with E-state index in [1.165, 1.54) is 7.11 Å². The Hall–Kier alpha value is -1.05. The van der Waals surface area contributed by atoms with E-state index in [-0.39, 0.29) is 5.57 Å². The number of hydrogen-bond donors (Lipinski definition) is 1. The Morgan fingerprint density at radius 2 is 2.40 bits per heavy atom. The Bertz CT molecular complexity index is 159. The van der Waals surface area contributed by atoms with E-state index in [2.05, 4.69) is 9.78 Å². The highest BCUT2D eigenvalue weighted by atomic mass is 17.2. The Labute approximate surface area is 59.2 Å². The van der Waals surface area contributed by atoms with Crippen LogP contribution in [0.2, 0.25) is 0 Å². The van der Waals surface area contributed by atoms with Gasteiger partial charge >= 0.3 is 0 Å². The minimum absolute atomic E-state index is 0.127. The third-order valence-electron chi connectivity index (χ3n) is 0.947. The van der Waals surface area contributed by atoms with Gasteiger partial charge in [0.15, 0.2) is 0 Å². The first-order chi connectivity index (χ1) is 4.76. The lowest BCUT2D eigenvalue weighted by Gasteiger charge is -2.05. The minimum atomic E-state index is -0.528. The van der Waals surface area contributed by atoms with E-state index in [0.29, 0.717) is 6.26 Å². The lowest BCUT2D eigenvalue weighted by molar-refractivity contribution is -0.291. The molecule has 1 N–H and O–H groups in total. The second kappa shape index (κ2) is 4.79. The molecule has 0 aromatic heterocycles. The van der Waals surface area contributed by atoms with Gasteiger partial charge in [-0.25, -0.2) is 9.78 Å². The van der Waals surface area contributed by atoms with E-state index in [1.54, 1.807) is 13.0 Å². The van der Waals surface area contributed by atoms with Gasteiger partial charge in [-0.3, -0.25) is 0 Å². The summed E-state index contributed by atoms with van der Waals surface area (Å²) in [6.07, 6.45) is 0.170. The fraction of sp³-hybridized carbons (Fsp3) is 0.500. The van der Waals surface area contributed by atoms with Gasteiger partial charge in [-0.1, -0.05) is 0 Å². The summed E-state index contributed by atoms with van der Waals surface area (Å²) in [5, 5.41) is 16.7. The molecule has 0 amide bonds. The van der Waals surface area contributed by atoms with Crippen LogP contribution in [0.1, 0.15) is 6.92 Å². The van der Waals surface area contributed by atoms with Gasteiger partial charge < -0.3 is 5.11 Å². The third kappa shape index (κ3) is 2.49. The van der Waals surface area contributed by atoms with Crippen LogP contribution in [0.5, 0.6) is 0 Å². The van der Waals surface area contributed by atoms with E-state index < -0.39 is 6.10 Å². The molecule has 4 nitrogen and oxygen atoms in total. The van der Waals surface area contributed by atoms with Crippen molar-refractivity contribution in [1.29, 1.82) is 5.26 Å². The number of aliphatic hydroxyl groups is 1. The van der Waals surface area contributed by atoms with Crippen LogP contribution in [-0.4, -0.2) is 18.3 Å². The smallest absolute Gasteiger partial charge is 0.128 e. The van der Waals surface area contributed by atoms with Gasteiger partial charge in [-0.15, -0.1) is 0 Å². The summed E-state index contributed by atoms with van der Waals surface area (Å²) in [5.41, 5.74) is 0.127. The van der Waals surface area contributed by atoms with Crippen LogP contribution in [0.3, 0.4) is 0 Å². The molecule has 1 atom stereocenters. The Kier molecular flexibility index (Phi) is 4.29. The second-order valence-corrected chi connectivity index (χ2v) is 1.60. The average molecular weight is 143 g/mol. The Balaban J connectivity index is 3.93. The van der Waals surface area contributed by atoms with E-state index in [9.17, 15) is 0 Å². The summed E-state index contributed by atoms with van der Waals surface area (Å²) in [6, 6.07) is 1.74. The van der Waals surface area contributed by atoms with E-state index in [1.807, 2.05) is 0 Å². The molecule has 0 aliphatic carbocycles. The predicted molar refractivity (Wildman–Crippen MR) is 33.9 cm³/mol. The first-order valence-electron chi connectivity index (χ1n) is 2.70. The molecule has 0 radical (unpaired) electrons. The van der Waals surface area contributed by atoms with Crippen LogP contribution in [0, 0.1) is 11.3 Å². The summed E-state index contributed by atoms with van der Waals surface area (Å²) in [6.45, 7) is 1.59. The van der Waals surface area contributed by atoms with E-state index in [4.69, 9.17) is 10.4 Å². The quantitative estimate of drug-likeness (QED) is 0.276. The molecular weight excluding hydrogens is 134 g/mol. The highest BCUT2D eigenvalue weighted by Crippen LogP contribution is 2.03. The van der Waals surface area contributed by atoms with Crippen molar-refractivity contribution in [3.63, 3.8) is 0 Å². The maximum absolute atomic E-state index is 8.40. The molecule has 0 spiro atoms. The first kappa shape index (κ1) is 8.95. The summed E-state index contributed by atoms with van der Waals surface area (Å²) >= 11 is 0. The van der Waals surface area contributed by atoms with Gasteiger partial charge in [-0.2, -0.15) is 5.26 Å². The molecule has 0 bridgehead atoms. The molecule has 0 aliphatic rings. The highest BCUT2D eigenvalue weighted by Gasteiger charge is 2.08. The topological polar surface area (TPSA) is 62.5 Å². The molecule has 0 heterocycles. The second-order valence-electron chi connectivity index (χ2n) is 1.60. The zero-order valence-corrected chi connectivity index (χ0v) is 5.87. The normalized spacial score (nSPS) is 14.3. The van der Waals surface area contributed by atoms with Crippen LogP contribution >= 0.6 is 0 Å². The fourth-order valence-corrected chi connectivity index (χ4v) is 0.421. The Morgan fingerprint density at radius 1 is 1.80 bits per heavy atom. The zero-order valence-electron chi connectivity index (χ0n) is 5.87. The van der Waals surface area contributed by atoms with E-state index in [0.717, 1.165) is 0 Å². The van der Waals surface area contributed by atoms with Crippen LogP contribution in [0.25, 0.3) is 0 Å². The monoisotopic (exact) mass is 143 g/mol. The summed E-state index contributed by atoms with van der Waals surface area (Å²) in [4.78, 5) is 8.82. The van der Waals surface area contributed by atoms with Crippen molar-refractivity contribution < 1.29 is 14.9 Å². The molecule has 56 valence electrons. The highest BCUT2D eigenvalue weighted by molar-refractivity contribution is 5.21. The molecule has 0 aliphatic heterocycles. The molecule has 4 heteroatoms. The number of aliphatic hydroxyl groups excluding tert-OH is 1. The minimum Gasteiger partial charge on any atom is -0.514 e. The number of hydrogen-bond acceptors (Lipinski definition) is 4. The van der Waals surface area contributed by atoms with Gasteiger partial charge in [0.2, 0.25) is 0 Å². The molecule has 0 aromatic rings. The lowest BCUT2D eigenvalue weighted by Crippen LogP contribution is -2.09.